The summed E-state index contributed by atoms with van der Waals surface area (Å²) in [5.74, 6) is 0. The number of hydrogen-bond acceptors (Lipinski definition) is 6. The van der Waals surface area contributed by atoms with E-state index in [-0.39, 0.29) is 5.56 Å². The van der Waals surface area contributed by atoms with Crippen molar-refractivity contribution in [3.63, 3.8) is 0 Å². The molecule has 0 N–H and O–H groups in total. The minimum atomic E-state index is -0.0193. The van der Waals surface area contributed by atoms with Crippen molar-refractivity contribution in [1.29, 1.82) is 0 Å². The van der Waals surface area contributed by atoms with E-state index in [2.05, 4.69) is 24.7 Å². The maximum atomic E-state index is 11.7. The fourth-order valence-electron chi connectivity index (χ4n) is 2.68. The predicted octanol–water partition coefficient (Wildman–Crippen LogP) is 0.826. The SMILES string of the molecule is Cc1ccc(=O)n(CCN2CCN(Cc3cnsc3)CC2)n1. The molecule has 0 aromatic carbocycles. The molecule has 6 nitrogen and oxygen atoms in total. The normalized spacial score (nSPS) is 17.0. The van der Waals surface area contributed by atoms with Crippen molar-refractivity contribution in [2.75, 3.05) is 32.7 Å². The van der Waals surface area contributed by atoms with Crippen molar-refractivity contribution in [2.45, 2.75) is 20.0 Å². The van der Waals surface area contributed by atoms with Crippen molar-refractivity contribution in [2.24, 2.45) is 0 Å². The Bertz CT molecular complexity index is 646. The van der Waals surface area contributed by atoms with Gasteiger partial charge in [0.15, 0.2) is 0 Å². The highest BCUT2D eigenvalue weighted by Gasteiger charge is 2.17. The molecule has 0 amide bonds. The molecular formula is C15H21N5OS. The molecule has 22 heavy (non-hydrogen) atoms. The summed E-state index contributed by atoms with van der Waals surface area (Å²) in [6, 6.07) is 3.35. The zero-order valence-corrected chi connectivity index (χ0v) is 13.6. The van der Waals surface area contributed by atoms with E-state index in [1.165, 1.54) is 17.1 Å². The fourth-order valence-corrected chi connectivity index (χ4v) is 3.21. The van der Waals surface area contributed by atoms with Gasteiger partial charge < -0.3 is 0 Å². The molecule has 0 radical (unpaired) electrons. The smallest absolute Gasteiger partial charge is 0.266 e. The lowest BCUT2D eigenvalue weighted by Crippen LogP contribution is -2.47. The second kappa shape index (κ2) is 7.13. The third-order valence-electron chi connectivity index (χ3n) is 3.98. The number of rotatable bonds is 5. The van der Waals surface area contributed by atoms with Crippen LogP contribution in [0.3, 0.4) is 0 Å². The van der Waals surface area contributed by atoms with Crippen LogP contribution >= 0.6 is 11.5 Å². The van der Waals surface area contributed by atoms with E-state index in [1.807, 2.05) is 13.1 Å². The number of nitrogens with zero attached hydrogens (tertiary/aromatic N) is 5. The van der Waals surface area contributed by atoms with Gasteiger partial charge in [-0.05, 0) is 30.1 Å². The number of aryl methyl sites for hydroxylation is 1. The van der Waals surface area contributed by atoms with E-state index in [0.29, 0.717) is 6.54 Å². The van der Waals surface area contributed by atoms with Crippen LogP contribution < -0.4 is 5.56 Å². The third kappa shape index (κ3) is 4.00. The van der Waals surface area contributed by atoms with Crippen LogP contribution in [0.5, 0.6) is 0 Å². The van der Waals surface area contributed by atoms with Crippen LogP contribution in [0.25, 0.3) is 0 Å². The Balaban J connectivity index is 1.46. The Morgan fingerprint density at radius 1 is 1.14 bits per heavy atom. The van der Waals surface area contributed by atoms with E-state index in [4.69, 9.17) is 0 Å². The summed E-state index contributed by atoms with van der Waals surface area (Å²) in [5, 5.41) is 6.40. The molecule has 2 aromatic rings. The molecule has 0 saturated carbocycles. The molecule has 1 aliphatic rings. The van der Waals surface area contributed by atoms with Crippen LogP contribution in [0.4, 0.5) is 0 Å². The number of aromatic nitrogens is 3. The second-order valence-electron chi connectivity index (χ2n) is 5.69. The standard InChI is InChI=1S/C15H21N5OS/c1-13-2-3-15(21)20(17-13)9-8-18-4-6-19(7-5-18)11-14-10-16-22-12-14/h2-3,10,12H,4-9,11H2,1H3. The van der Waals surface area contributed by atoms with Crippen molar-refractivity contribution in [1.82, 2.24) is 24.0 Å². The molecular weight excluding hydrogens is 298 g/mol. The van der Waals surface area contributed by atoms with Gasteiger partial charge in [-0.25, -0.2) is 9.06 Å². The maximum absolute atomic E-state index is 11.7. The molecule has 118 valence electrons. The summed E-state index contributed by atoms with van der Waals surface area (Å²) in [4.78, 5) is 16.6. The first-order chi connectivity index (χ1) is 10.7. The van der Waals surface area contributed by atoms with E-state index in [1.54, 1.807) is 16.8 Å². The molecule has 3 heterocycles. The molecule has 0 bridgehead atoms. The summed E-state index contributed by atoms with van der Waals surface area (Å²) >= 11 is 1.51. The summed E-state index contributed by atoms with van der Waals surface area (Å²) in [6.45, 7) is 8.64. The summed E-state index contributed by atoms with van der Waals surface area (Å²) in [6.07, 6.45) is 1.95. The Labute approximate surface area is 134 Å². The largest absolute Gasteiger partial charge is 0.299 e. The van der Waals surface area contributed by atoms with Crippen molar-refractivity contribution < 1.29 is 0 Å². The van der Waals surface area contributed by atoms with Gasteiger partial charge in [-0.15, -0.1) is 0 Å². The quantitative estimate of drug-likeness (QED) is 0.817. The van der Waals surface area contributed by atoms with Gasteiger partial charge in [0.05, 0.1) is 12.2 Å². The number of hydrogen-bond donors (Lipinski definition) is 0. The molecule has 0 spiro atoms. The Morgan fingerprint density at radius 3 is 2.64 bits per heavy atom. The lowest BCUT2D eigenvalue weighted by Gasteiger charge is -2.34. The van der Waals surface area contributed by atoms with Crippen LogP contribution in [0.1, 0.15) is 11.3 Å². The van der Waals surface area contributed by atoms with Crippen molar-refractivity contribution in [3.8, 4) is 0 Å². The Kier molecular flexibility index (Phi) is 4.97. The first kappa shape index (κ1) is 15.3. The topological polar surface area (TPSA) is 54.3 Å². The first-order valence-electron chi connectivity index (χ1n) is 7.58. The molecule has 7 heteroatoms. The molecule has 1 fully saturated rings. The molecule has 3 rings (SSSR count). The van der Waals surface area contributed by atoms with Gasteiger partial charge in [-0.1, -0.05) is 0 Å². The van der Waals surface area contributed by atoms with Gasteiger partial charge in [0.25, 0.3) is 5.56 Å². The highest BCUT2D eigenvalue weighted by molar-refractivity contribution is 7.03. The predicted molar refractivity (Wildman–Crippen MR) is 87.1 cm³/mol. The van der Waals surface area contributed by atoms with E-state index >= 15 is 0 Å². The van der Waals surface area contributed by atoms with Crippen LogP contribution in [-0.2, 0) is 13.1 Å². The van der Waals surface area contributed by atoms with Crippen molar-refractivity contribution >= 4 is 11.5 Å². The molecule has 0 unspecified atom stereocenters. The third-order valence-corrected chi connectivity index (χ3v) is 4.62. The van der Waals surface area contributed by atoms with E-state index < -0.39 is 0 Å². The van der Waals surface area contributed by atoms with Crippen molar-refractivity contribution in [3.05, 3.63) is 45.3 Å². The van der Waals surface area contributed by atoms with Gasteiger partial charge in [-0.3, -0.25) is 14.6 Å². The van der Waals surface area contributed by atoms with Gasteiger partial charge in [0, 0.05) is 56.9 Å². The first-order valence-corrected chi connectivity index (χ1v) is 8.42. The highest BCUT2D eigenvalue weighted by atomic mass is 32.1. The van der Waals surface area contributed by atoms with E-state index in [0.717, 1.165) is 45.0 Å². The maximum Gasteiger partial charge on any atom is 0.266 e. The lowest BCUT2D eigenvalue weighted by molar-refractivity contribution is 0.122. The van der Waals surface area contributed by atoms with Crippen LogP contribution in [0, 0.1) is 6.92 Å². The second-order valence-corrected chi connectivity index (χ2v) is 6.34. The van der Waals surface area contributed by atoms with Gasteiger partial charge >= 0.3 is 0 Å². The monoisotopic (exact) mass is 319 g/mol. The van der Waals surface area contributed by atoms with Gasteiger partial charge in [0.2, 0.25) is 0 Å². The average Bonchev–Trinajstić information content (AvgIpc) is 3.03. The number of piperazine rings is 1. The minimum absolute atomic E-state index is 0.0193. The molecule has 2 aromatic heterocycles. The zero-order chi connectivity index (χ0) is 15.4. The van der Waals surface area contributed by atoms with Crippen LogP contribution in [0.2, 0.25) is 0 Å². The highest BCUT2D eigenvalue weighted by Crippen LogP contribution is 2.09. The van der Waals surface area contributed by atoms with E-state index in [9.17, 15) is 4.79 Å². The van der Waals surface area contributed by atoms with Gasteiger partial charge in [0.1, 0.15) is 0 Å². The summed E-state index contributed by atoms with van der Waals surface area (Å²) in [7, 11) is 0. The Morgan fingerprint density at radius 2 is 1.91 bits per heavy atom. The zero-order valence-electron chi connectivity index (χ0n) is 12.8. The van der Waals surface area contributed by atoms with Gasteiger partial charge in [-0.2, -0.15) is 5.10 Å². The minimum Gasteiger partial charge on any atom is -0.299 e. The molecule has 0 aliphatic carbocycles. The summed E-state index contributed by atoms with van der Waals surface area (Å²) < 4.78 is 5.71. The lowest BCUT2D eigenvalue weighted by atomic mass is 10.2. The molecule has 1 saturated heterocycles. The molecule has 0 atom stereocenters. The Hall–Kier alpha value is -1.57. The van der Waals surface area contributed by atoms with Crippen LogP contribution in [-0.4, -0.2) is 56.7 Å². The summed E-state index contributed by atoms with van der Waals surface area (Å²) in [5.41, 5.74) is 2.16. The molecule has 1 aliphatic heterocycles. The van der Waals surface area contributed by atoms with Crippen LogP contribution in [0.15, 0.2) is 28.5 Å². The average molecular weight is 319 g/mol. The fraction of sp³-hybridized carbons (Fsp3) is 0.533.